The summed E-state index contributed by atoms with van der Waals surface area (Å²) < 4.78 is 35.0. The third-order valence-electron chi connectivity index (χ3n) is 5.59. The molecule has 0 bridgehead atoms. The van der Waals surface area contributed by atoms with Crippen LogP contribution in [0.4, 0.5) is 19.3 Å². The predicted molar refractivity (Wildman–Crippen MR) is 90.0 cm³/mol. The van der Waals surface area contributed by atoms with Crippen molar-refractivity contribution in [3.63, 3.8) is 0 Å². The van der Waals surface area contributed by atoms with Gasteiger partial charge in [0.15, 0.2) is 17.0 Å². The molecule has 2 N–H and O–H groups in total. The minimum atomic E-state index is -1.79. The summed E-state index contributed by atoms with van der Waals surface area (Å²) in [5.74, 6) is -4.16. The SMILES string of the molecule is C[C@@H]1CN2c3c(cc(C#N)c(F)c3F)CC3(C(=O)NC(=O)NC3=O)[C@H]2[C@H](C)O1. The number of carbonyl (C=O) groups excluding carboxylic acids is 3. The summed E-state index contributed by atoms with van der Waals surface area (Å²) in [6.45, 7) is 3.46. The van der Waals surface area contributed by atoms with Gasteiger partial charge in [0.2, 0.25) is 11.8 Å². The summed E-state index contributed by atoms with van der Waals surface area (Å²) >= 11 is 0. The summed E-state index contributed by atoms with van der Waals surface area (Å²) in [5, 5.41) is 13.3. The molecule has 0 radical (unpaired) electrons. The van der Waals surface area contributed by atoms with E-state index in [4.69, 9.17) is 10.00 Å². The number of nitriles is 1. The maximum Gasteiger partial charge on any atom is 0.328 e. The molecule has 2 fully saturated rings. The highest BCUT2D eigenvalue weighted by Gasteiger charge is 2.63. The summed E-state index contributed by atoms with van der Waals surface area (Å²) in [7, 11) is 0. The number of rotatable bonds is 0. The highest BCUT2D eigenvalue weighted by atomic mass is 19.2. The zero-order chi connectivity index (χ0) is 20.4. The number of benzene rings is 1. The molecular weight excluding hydrogens is 374 g/mol. The van der Waals surface area contributed by atoms with Crippen LogP contribution in [0.2, 0.25) is 0 Å². The van der Waals surface area contributed by atoms with Gasteiger partial charge in [-0.1, -0.05) is 0 Å². The zero-order valence-corrected chi connectivity index (χ0v) is 15.0. The number of imide groups is 2. The van der Waals surface area contributed by atoms with Gasteiger partial charge in [0.25, 0.3) is 0 Å². The molecule has 1 aromatic rings. The normalized spacial score (nSPS) is 28.2. The van der Waals surface area contributed by atoms with E-state index in [-0.39, 0.29) is 30.3 Å². The van der Waals surface area contributed by atoms with Gasteiger partial charge in [0.05, 0.1) is 29.5 Å². The van der Waals surface area contributed by atoms with E-state index in [1.807, 2.05) is 0 Å². The fourth-order valence-electron chi connectivity index (χ4n) is 4.62. The molecule has 3 atom stereocenters. The van der Waals surface area contributed by atoms with E-state index >= 15 is 0 Å². The maximum absolute atomic E-state index is 14.9. The van der Waals surface area contributed by atoms with Gasteiger partial charge in [-0.2, -0.15) is 5.26 Å². The molecule has 3 aliphatic heterocycles. The van der Waals surface area contributed by atoms with Crippen LogP contribution in [0.15, 0.2) is 6.07 Å². The highest BCUT2D eigenvalue weighted by molar-refractivity contribution is 6.20. The van der Waals surface area contributed by atoms with Gasteiger partial charge >= 0.3 is 6.03 Å². The lowest BCUT2D eigenvalue weighted by molar-refractivity contribution is -0.153. The van der Waals surface area contributed by atoms with Crippen LogP contribution in [-0.2, 0) is 20.7 Å². The Balaban J connectivity index is 1.99. The average molecular weight is 390 g/mol. The number of anilines is 1. The van der Waals surface area contributed by atoms with E-state index in [0.29, 0.717) is 0 Å². The second kappa shape index (κ2) is 5.97. The fraction of sp³-hybridized carbons (Fsp3) is 0.444. The standard InChI is InChI=1S/C18H16F2N4O4/c1-7-6-24-13-9(3-10(5-21)11(19)12(13)20)4-18(14(24)8(2)28-7)15(25)22-17(27)23-16(18)26/h3,7-8,14H,4,6H2,1-2H3,(H2,22,23,25,26,27)/t7-,8+,14-/m1/s1. The second-order valence-corrected chi connectivity index (χ2v) is 7.31. The summed E-state index contributed by atoms with van der Waals surface area (Å²) in [5.41, 5.74) is -2.26. The highest BCUT2D eigenvalue weighted by Crippen LogP contribution is 2.48. The molecule has 0 aliphatic carbocycles. The summed E-state index contributed by atoms with van der Waals surface area (Å²) in [4.78, 5) is 38.8. The van der Waals surface area contributed by atoms with Crippen molar-refractivity contribution in [1.29, 1.82) is 5.26 Å². The van der Waals surface area contributed by atoms with Crippen molar-refractivity contribution in [3.8, 4) is 6.07 Å². The zero-order valence-electron chi connectivity index (χ0n) is 15.0. The van der Waals surface area contributed by atoms with Crippen LogP contribution in [-0.4, -0.2) is 42.6 Å². The maximum atomic E-state index is 14.9. The van der Waals surface area contributed by atoms with Crippen molar-refractivity contribution < 1.29 is 27.9 Å². The first-order valence-corrected chi connectivity index (χ1v) is 8.70. The van der Waals surface area contributed by atoms with Crippen LogP contribution in [0.1, 0.15) is 25.0 Å². The van der Waals surface area contributed by atoms with Crippen molar-refractivity contribution in [2.24, 2.45) is 5.41 Å². The third kappa shape index (κ3) is 2.26. The molecule has 4 rings (SSSR count). The Hall–Kier alpha value is -3.06. The predicted octanol–water partition coefficient (Wildman–Crippen LogP) is 0.727. The Bertz CT molecular complexity index is 953. The first-order chi connectivity index (χ1) is 13.2. The number of carbonyl (C=O) groups is 3. The first-order valence-electron chi connectivity index (χ1n) is 8.70. The number of urea groups is 1. The van der Waals surface area contributed by atoms with Gasteiger partial charge in [-0.05, 0) is 25.5 Å². The number of nitrogens with zero attached hydrogens (tertiary/aromatic N) is 2. The summed E-state index contributed by atoms with van der Waals surface area (Å²) in [6.07, 6.45) is -1.38. The van der Waals surface area contributed by atoms with Crippen molar-refractivity contribution in [2.75, 3.05) is 11.4 Å². The topological polar surface area (TPSA) is 112 Å². The Morgan fingerprint density at radius 2 is 1.86 bits per heavy atom. The Kier molecular flexibility index (Phi) is 3.90. The smallest absolute Gasteiger partial charge is 0.328 e. The van der Waals surface area contributed by atoms with E-state index in [9.17, 15) is 23.2 Å². The molecule has 3 aliphatic rings. The number of morpholine rings is 1. The molecule has 0 unspecified atom stereocenters. The van der Waals surface area contributed by atoms with Crippen molar-refractivity contribution in [1.82, 2.24) is 10.6 Å². The molecule has 1 aromatic carbocycles. The third-order valence-corrected chi connectivity index (χ3v) is 5.59. The number of hydrogen-bond donors (Lipinski definition) is 2. The number of halogens is 2. The Morgan fingerprint density at radius 3 is 2.46 bits per heavy atom. The number of hydrogen-bond acceptors (Lipinski definition) is 6. The molecule has 1 spiro atoms. The lowest BCUT2D eigenvalue weighted by atomic mass is 9.66. The van der Waals surface area contributed by atoms with E-state index in [2.05, 4.69) is 10.6 Å². The van der Waals surface area contributed by atoms with Crippen LogP contribution >= 0.6 is 0 Å². The largest absolute Gasteiger partial charge is 0.372 e. The van der Waals surface area contributed by atoms with Crippen molar-refractivity contribution in [2.45, 2.75) is 38.5 Å². The molecule has 3 heterocycles. The molecule has 28 heavy (non-hydrogen) atoms. The van der Waals surface area contributed by atoms with Gasteiger partial charge < -0.3 is 9.64 Å². The number of nitrogens with one attached hydrogen (secondary N) is 2. The lowest BCUT2D eigenvalue weighted by Gasteiger charge is -2.55. The number of fused-ring (bicyclic) bond motifs is 4. The Labute approximate surface area is 158 Å². The van der Waals surface area contributed by atoms with Crippen molar-refractivity contribution in [3.05, 3.63) is 28.8 Å². The molecule has 4 amide bonds. The van der Waals surface area contributed by atoms with E-state index in [1.54, 1.807) is 19.9 Å². The molecular formula is C18H16F2N4O4. The van der Waals surface area contributed by atoms with Gasteiger partial charge in [0.1, 0.15) is 6.07 Å². The van der Waals surface area contributed by atoms with Gasteiger partial charge in [-0.3, -0.25) is 20.2 Å². The van der Waals surface area contributed by atoms with Crippen LogP contribution in [0, 0.1) is 28.4 Å². The summed E-state index contributed by atoms with van der Waals surface area (Å²) in [6, 6.07) is 0.817. The van der Waals surface area contributed by atoms with Crippen LogP contribution < -0.4 is 15.5 Å². The van der Waals surface area contributed by atoms with Gasteiger partial charge in [0, 0.05) is 13.0 Å². The number of barbiturate groups is 1. The lowest BCUT2D eigenvalue weighted by Crippen LogP contribution is -2.75. The Morgan fingerprint density at radius 1 is 1.21 bits per heavy atom. The molecule has 2 saturated heterocycles. The molecule has 0 aromatic heterocycles. The average Bonchev–Trinajstić information content (AvgIpc) is 2.61. The van der Waals surface area contributed by atoms with E-state index in [0.717, 1.165) is 6.07 Å². The molecule has 0 saturated carbocycles. The second-order valence-electron chi connectivity index (χ2n) is 7.31. The molecule has 146 valence electrons. The van der Waals surface area contributed by atoms with Crippen molar-refractivity contribution >= 4 is 23.5 Å². The monoisotopic (exact) mass is 390 g/mol. The molecule has 8 nitrogen and oxygen atoms in total. The first kappa shape index (κ1) is 18.3. The van der Waals surface area contributed by atoms with E-state index in [1.165, 1.54) is 4.90 Å². The minimum Gasteiger partial charge on any atom is -0.372 e. The van der Waals surface area contributed by atoms with E-state index < -0.39 is 52.6 Å². The fourth-order valence-corrected chi connectivity index (χ4v) is 4.62. The number of amides is 4. The van der Waals surface area contributed by atoms with Crippen LogP contribution in [0.5, 0.6) is 0 Å². The molecule has 10 heteroatoms. The van der Waals surface area contributed by atoms with Gasteiger partial charge in [-0.15, -0.1) is 0 Å². The number of ether oxygens (including phenoxy) is 1. The van der Waals surface area contributed by atoms with Gasteiger partial charge in [-0.25, -0.2) is 13.6 Å². The minimum absolute atomic E-state index is 0.0911. The van der Waals surface area contributed by atoms with Crippen LogP contribution in [0.25, 0.3) is 0 Å². The quantitative estimate of drug-likeness (QED) is 0.632. The van der Waals surface area contributed by atoms with Crippen LogP contribution in [0.3, 0.4) is 0 Å².